The van der Waals surface area contributed by atoms with Crippen molar-refractivity contribution in [1.29, 1.82) is 0 Å². The Morgan fingerprint density at radius 2 is 2.47 bits per heavy atom. The maximum atomic E-state index is 5.17. The van der Waals surface area contributed by atoms with Gasteiger partial charge in [0.15, 0.2) is 0 Å². The largest absolute Gasteiger partial charge is 0.339 e. The maximum Gasteiger partial charge on any atom is 0.228 e. The van der Waals surface area contributed by atoms with Gasteiger partial charge in [0, 0.05) is 12.5 Å². The zero-order valence-corrected chi connectivity index (χ0v) is 9.54. The average Bonchev–Trinajstić information content (AvgIpc) is 2.85. The highest BCUT2D eigenvalue weighted by atomic mass is 32.1. The molecule has 0 aliphatic heterocycles. The standard InChI is InChI=1S/C10H13N3OS/c1-7(11-2)6-9-12-10(13-14-9)8-4-3-5-15-8/h3-5,7,11H,6H2,1-2H3. The number of nitrogens with zero attached hydrogens (tertiary/aromatic N) is 2. The van der Waals surface area contributed by atoms with Gasteiger partial charge in [0.1, 0.15) is 0 Å². The van der Waals surface area contributed by atoms with Crippen LogP contribution in [0.2, 0.25) is 0 Å². The minimum atomic E-state index is 0.349. The van der Waals surface area contributed by atoms with Crippen molar-refractivity contribution >= 4 is 11.3 Å². The van der Waals surface area contributed by atoms with Crippen LogP contribution < -0.4 is 5.32 Å². The molecule has 0 aliphatic rings. The van der Waals surface area contributed by atoms with Crippen LogP contribution in [0, 0.1) is 0 Å². The smallest absolute Gasteiger partial charge is 0.228 e. The molecule has 0 spiro atoms. The SMILES string of the molecule is CNC(C)Cc1nc(-c2cccs2)no1. The third-order valence-electron chi connectivity index (χ3n) is 2.18. The first-order chi connectivity index (χ1) is 7.29. The molecule has 0 aliphatic carbocycles. The van der Waals surface area contributed by atoms with Crippen LogP contribution in [0.3, 0.4) is 0 Å². The minimum absolute atomic E-state index is 0.349. The van der Waals surface area contributed by atoms with Crippen molar-refractivity contribution in [1.82, 2.24) is 15.5 Å². The summed E-state index contributed by atoms with van der Waals surface area (Å²) in [7, 11) is 1.92. The van der Waals surface area contributed by atoms with Crippen LogP contribution in [-0.4, -0.2) is 23.2 Å². The molecule has 1 N–H and O–H groups in total. The summed E-state index contributed by atoms with van der Waals surface area (Å²) in [5.41, 5.74) is 0. The molecule has 0 saturated heterocycles. The molecule has 80 valence electrons. The van der Waals surface area contributed by atoms with Gasteiger partial charge in [-0.15, -0.1) is 11.3 Å². The van der Waals surface area contributed by atoms with E-state index in [2.05, 4.69) is 22.4 Å². The van der Waals surface area contributed by atoms with Gasteiger partial charge < -0.3 is 9.84 Å². The highest BCUT2D eigenvalue weighted by molar-refractivity contribution is 7.13. The van der Waals surface area contributed by atoms with Crippen LogP contribution in [0.4, 0.5) is 0 Å². The van der Waals surface area contributed by atoms with E-state index in [-0.39, 0.29) is 0 Å². The maximum absolute atomic E-state index is 5.17. The Morgan fingerprint density at radius 3 is 3.13 bits per heavy atom. The molecule has 2 rings (SSSR count). The summed E-state index contributed by atoms with van der Waals surface area (Å²) in [6, 6.07) is 4.31. The summed E-state index contributed by atoms with van der Waals surface area (Å²) in [4.78, 5) is 5.38. The number of likely N-dealkylation sites (N-methyl/N-ethyl adjacent to an activating group) is 1. The number of nitrogens with one attached hydrogen (secondary N) is 1. The van der Waals surface area contributed by atoms with E-state index in [9.17, 15) is 0 Å². The molecule has 0 amide bonds. The first kappa shape index (κ1) is 10.3. The third-order valence-corrected chi connectivity index (χ3v) is 3.05. The topological polar surface area (TPSA) is 51.0 Å². The van der Waals surface area contributed by atoms with Crippen LogP contribution in [0.5, 0.6) is 0 Å². The van der Waals surface area contributed by atoms with Gasteiger partial charge >= 0.3 is 0 Å². The second kappa shape index (κ2) is 4.55. The summed E-state index contributed by atoms with van der Waals surface area (Å²) in [5.74, 6) is 1.36. The summed E-state index contributed by atoms with van der Waals surface area (Å²) in [6.45, 7) is 2.08. The van der Waals surface area contributed by atoms with Gasteiger partial charge in [0.2, 0.25) is 11.7 Å². The summed E-state index contributed by atoms with van der Waals surface area (Å²) in [6.07, 6.45) is 0.759. The highest BCUT2D eigenvalue weighted by Gasteiger charge is 2.11. The quantitative estimate of drug-likeness (QED) is 0.860. The molecule has 5 heteroatoms. The molecule has 0 radical (unpaired) electrons. The fourth-order valence-electron chi connectivity index (χ4n) is 1.21. The Labute approximate surface area is 92.3 Å². The lowest BCUT2D eigenvalue weighted by atomic mass is 10.2. The molecule has 1 unspecified atom stereocenters. The molecule has 2 aromatic heterocycles. The van der Waals surface area contributed by atoms with E-state index in [4.69, 9.17) is 4.52 Å². The van der Waals surface area contributed by atoms with E-state index in [0.717, 1.165) is 11.3 Å². The summed E-state index contributed by atoms with van der Waals surface area (Å²) < 4.78 is 5.17. The van der Waals surface area contributed by atoms with E-state index >= 15 is 0 Å². The Morgan fingerprint density at radius 1 is 1.60 bits per heavy atom. The zero-order valence-electron chi connectivity index (χ0n) is 8.73. The van der Waals surface area contributed by atoms with Crippen molar-refractivity contribution in [3.8, 4) is 10.7 Å². The average molecular weight is 223 g/mol. The zero-order chi connectivity index (χ0) is 10.7. The number of aromatic nitrogens is 2. The molecule has 4 nitrogen and oxygen atoms in total. The van der Waals surface area contributed by atoms with Gasteiger partial charge in [-0.2, -0.15) is 4.98 Å². The lowest BCUT2D eigenvalue weighted by molar-refractivity contribution is 0.365. The fraction of sp³-hybridized carbons (Fsp3) is 0.400. The molecule has 0 fully saturated rings. The van der Waals surface area contributed by atoms with Crippen LogP contribution in [0.25, 0.3) is 10.7 Å². The van der Waals surface area contributed by atoms with E-state index in [0.29, 0.717) is 17.8 Å². The van der Waals surface area contributed by atoms with Crippen molar-refractivity contribution in [2.45, 2.75) is 19.4 Å². The Balaban J connectivity index is 2.11. The van der Waals surface area contributed by atoms with Crippen LogP contribution >= 0.6 is 11.3 Å². The first-order valence-electron chi connectivity index (χ1n) is 4.83. The van der Waals surface area contributed by atoms with Crippen molar-refractivity contribution in [3.05, 3.63) is 23.4 Å². The van der Waals surface area contributed by atoms with Crippen LogP contribution in [0.15, 0.2) is 22.0 Å². The predicted molar refractivity (Wildman–Crippen MR) is 59.8 cm³/mol. The van der Waals surface area contributed by atoms with Crippen LogP contribution in [-0.2, 0) is 6.42 Å². The second-order valence-corrected chi connectivity index (χ2v) is 4.33. The van der Waals surface area contributed by atoms with Crippen LogP contribution in [0.1, 0.15) is 12.8 Å². The molecule has 1 atom stereocenters. The number of thiophene rings is 1. The lowest BCUT2D eigenvalue weighted by Crippen LogP contribution is -2.23. The van der Waals surface area contributed by atoms with Crippen molar-refractivity contribution in [2.75, 3.05) is 7.05 Å². The molecular weight excluding hydrogens is 210 g/mol. The van der Waals surface area contributed by atoms with E-state index in [1.807, 2.05) is 24.6 Å². The molecular formula is C10H13N3OS. The third kappa shape index (κ3) is 2.43. The van der Waals surface area contributed by atoms with E-state index in [1.165, 1.54) is 0 Å². The minimum Gasteiger partial charge on any atom is -0.339 e. The van der Waals surface area contributed by atoms with Crippen molar-refractivity contribution in [3.63, 3.8) is 0 Å². The molecule has 15 heavy (non-hydrogen) atoms. The first-order valence-corrected chi connectivity index (χ1v) is 5.71. The normalized spacial score (nSPS) is 12.9. The summed E-state index contributed by atoms with van der Waals surface area (Å²) in [5, 5.41) is 9.08. The number of hydrogen-bond acceptors (Lipinski definition) is 5. The lowest BCUT2D eigenvalue weighted by Gasteiger charge is -2.04. The van der Waals surface area contributed by atoms with Gasteiger partial charge in [-0.05, 0) is 25.4 Å². The van der Waals surface area contributed by atoms with Crippen molar-refractivity contribution < 1.29 is 4.52 Å². The van der Waals surface area contributed by atoms with Gasteiger partial charge in [-0.1, -0.05) is 11.2 Å². The van der Waals surface area contributed by atoms with E-state index in [1.54, 1.807) is 11.3 Å². The van der Waals surface area contributed by atoms with Gasteiger partial charge in [0.25, 0.3) is 0 Å². The van der Waals surface area contributed by atoms with E-state index < -0.39 is 0 Å². The monoisotopic (exact) mass is 223 g/mol. The molecule has 0 bridgehead atoms. The molecule has 0 saturated carbocycles. The Bertz CT molecular complexity index is 410. The van der Waals surface area contributed by atoms with Gasteiger partial charge in [-0.25, -0.2) is 0 Å². The molecule has 2 heterocycles. The Hall–Kier alpha value is -1.20. The highest BCUT2D eigenvalue weighted by Crippen LogP contribution is 2.21. The van der Waals surface area contributed by atoms with Crippen molar-refractivity contribution in [2.24, 2.45) is 0 Å². The predicted octanol–water partition coefficient (Wildman–Crippen LogP) is 1.95. The second-order valence-electron chi connectivity index (χ2n) is 3.38. The number of hydrogen-bond donors (Lipinski definition) is 1. The molecule has 2 aromatic rings. The summed E-state index contributed by atoms with van der Waals surface area (Å²) >= 11 is 1.61. The fourth-order valence-corrected chi connectivity index (χ4v) is 1.86. The Kier molecular flexibility index (Phi) is 3.13. The van der Waals surface area contributed by atoms with Gasteiger partial charge in [0.05, 0.1) is 4.88 Å². The molecule has 0 aromatic carbocycles. The van der Waals surface area contributed by atoms with Gasteiger partial charge in [-0.3, -0.25) is 0 Å². The number of rotatable bonds is 4.